The van der Waals surface area contributed by atoms with Crippen molar-refractivity contribution in [3.8, 4) is 5.75 Å². The molecule has 5 heteroatoms. The normalized spacial score (nSPS) is 15.9. The van der Waals surface area contributed by atoms with E-state index in [1.807, 2.05) is 6.07 Å². The number of piperidine rings is 1. The van der Waals surface area contributed by atoms with Crippen molar-refractivity contribution in [2.24, 2.45) is 0 Å². The Hall–Kier alpha value is -2.04. The van der Waals surface area contributed by atoms with Crippen LogP contribution in [0, 0.1) is 0 Å². The average Bonchev–Trinajstić information content (AvgIpc) is 2.87. The number of H-pyrrole nitrogens is 1. The van der Waals surface area contributed by atoms with E-state index < -0.39 is 0 Å². The molecule has 1 fully saturated rings. The summed E-state index contributed by atoms with van der Waals surface area (Å²) in [6.45, 7) is 1.59. The summed E-state index contributed by atoms with van der Waals surface area (Å²) in [7, 11) is 0. The molecule has 0 radical (unpaired) electrons. The first-order valence-electron chi connectivity index (χ1n) is 6.23. The van der Waals surface area contributed by atoms with E-state index >= 15 is 0 Å². The minimum Gasteiger partial charge on any atom is -0.410 e. The van der Waals surface area contributed by atoms with Gasteiger partial charge in [-0.15, -0.1) is 0 Å². The van der Waals surface area contributed by atoms with Crippen LogP contribution in [-0.2, 0) is 0 Å². The molecule has 2 aromatic rings. The van der Waals surface area contributed by atoms with Gasteiger partial charge in [-0.3, -0.25) is 0 Å². The highest BCUT2D eigenvalue weighted by Gasteiger charge is 2.18. The van der Waals surface area contributed by atoms with Crippen LogP contribution >= 0.6 is 0 Å². The van der Waals surface area contributed by atoms with Crippen LogP contribution in [0.15, 0.2) is 24.5 Å². The van der Waals surface area contributed by atoms with Gasteiger partial charge in [0.15, 0.2) is 0 Å². The van der Waals surface area contributed by atoms with Crippen LogP contribution in [0.25, 0.3) is 11.0 Å². The number of fused-ring (bicyclic) bond motifs is 1. The van der Waals surface area contributed by atoms with Gasteiger partial charge in [0.1, 0.15) is 5.75 Å². The van der Waals surface area contributed by atoms with E-state index in [4.69, 9.17) is 4.74 Å². The maximum Gasteiger partial charge on any atom is 0.415 e. The highest BCUT2D eigenvalue weighted by Crippen LogP contribution is 2.19. The lowest BCUT2D eigenvalue weighted by Crippen LogP contribution is -2.37. The number of nitrogens with zero attached hydrogens (tertiary/aromatic N) is 2. The number of rotatable bonds is 1. The van der Waals surface area contributed by atoms with E-state index in [1.54, 1.807) is 23.4 Å². The molecule has 1 aromatic carbocycles. The summed E-state index contributed by atoms with van der Waals surface area (Å²) >= 11 is 0. The lowest BCUT2D eigenvalue weighted by atomic mass is 10.1. The van der Waals surface area contributed by atoms with Gasteiger partial charge in [0, 0.05) is 19.2 Å². The molecule has 3 rings (SSSR count). The van der Waals surface area contributed by atoms with E-state index in [-0.39, 0.29) is 6.09 Å². The molecule has 2 heterocycles. The van der Waals surface area contributed by atoms with Crippen LogP contribution in [0.2, 0.25) is 0 Å². The Labute approximate surface area is 105 Å². The molecular weight excluding hydrogens is 230 g/mol. The molecule has 1 aliphatic heterocycles. The largest absolute Gasteiger partial charge is 0.415 e. The predicted octanol–water partition coefficient (Wildman–Crippen LogP) is 2.55. The van der Waals surface area contributed by atoms with Crippen molar-refractivity contribution in [1.29, 1.82) is 0 Å². The zero-order valence-corrected chi connectivity index (χ0v) is 10.1. The molecule has 0 aliphatic carbocycles. The maximum atomic E-state index is 11.9. The van der Waals surface area contributed by atoms with Gasteiger partial charge in [-0.05, 0) is 31.4 Å². The number of imidazole rings is 1. The fourth-order valence-electron chi connectivity index (χ4n) is 2.22. The quantitative estimate of drug-likeness (QED) is 0.840. The second kappa shape index (κ2) is 4.68. The number of hydrogen-bond acceptors (Lipinski definition) is 3. The number of carbonyl (C=O) groups excluding carboxylic acids is 1. The second-order valence-corrected chi connectivity index (χ2v) is 4.50. The average molecular weight is 245 g/mol. The van der Waals surface area contributed by atoms with Crippen molar-refractivity contribution in [2.75, 3.05) is 13.1 Å². The van der Waals surface area contributed by atoms with Crippen molar-refractivity contribution in [3.63, 3.8) is 0 Å². The molecule has 18 heavy (non-hydrogen) atoms. The number of ether oxygens (including phenoxy) is 1. The zero-order chi connectivity index (χ0) is 12.4. The Morgan fingerprint density at radius 2 is 2.11 bits per heavy atom. The summed E-state index contributed by atoms with van der Waals surface area (Å²) in [6.07, 6.45) is 4.70. The number of aromatic amines is 1. The summed E-state index contributed by atoms with van der Waals surface area (Å²) in [5.41, 5.74) is 1.74. The Balaban J connectivity index is 1.72. The minimum absolute atomic E-state index is 0.256. The van der Waals surface area contributed by atoms with Gasteiger partial charge >= 0.3 is 6.09 Å². The van der Waals surface area contributed by atoms with E-state index in [9.17, 15) is 4.79 Å². The first-order valence-corrected chi connectivity index (χ1v) is 6.23. The molecule has 1 aliphatic rings. The summed E-state index contributed by atoms with van der Waals surface area (Å²) in [5.74, 6) is 0.558. The topological polar surface area (TPSA) is 58.2 Å². The zero-order valence-electron chi connectivity index (χ0n) is 10.1. The van der Waals surface area contributed by atoms with E-state index in [0.717, 1.165) is 37.0 Å². The molecule has 0 atom stereocenters. The smallest absolute Gasteiger partial charge is 0.410 e. The minimum atomic E-state index is -0.256. The first-order chi connectivity index (χ1) is 8.83. The van der Waals surface area contributed by atoms with Crippen LogP contribution in [0.3, 0.4) is 0 Å². The van der Waals surface area contributed by atoms with Crippen molar-refractivity contribution >= 4 is 17.1 Å². The van der Waals surface area contributed by atoms with Crippen molar-refractivity contribution < 1.29 is 9.53 Å². The number of aromatic nitrogens is 2. The van der Waals surface area contributed by atoms with Crippen LogP contribution in [0.1, 0.15) is 19.3 Å². The van der Waals surface area contributed by atoms with Crippen molar-refractivity contribution in [1.82, 2.24) is 14.9 Å². The Morgan fingerprint density at radius 3 is 2.94 bits per heavy atom. The molecule has 1 aromatic heterocycles. The Morgan fingerprint density at radius 1 is 1.28 bits per heavy atom. The molecule has 1 N–H and O–H groups in total. The molecule has 0 spiro atoms. The molecule has 1 saturated heterocycles. The number of carbonyl (C=O) groups is 1. The summed E-state index contributed by atoms with van der Waals surface area (Å²) in [4.78, 5) is 20.8. The Kier molecular flexibility index (Phi) is 2.88. The first kappa shape index (κ1) is 11.1. The molecule has 5 nitrogen and oxygen atoms in total. The molecular formula is C13H15N3O2. The van der Waals surface area contributed by atoms with Crippen molar-refractivity contribution in [2.45, 2.75) is 19.3 Å². The number of hydrogen-bond donors (Lipinski definition) is 1. The highest BCUT2D eigenvalue weighted by atomic mass is 16.6. The molecule has 0 saturated carbocycles. The van der Waals surface area contributed by atoms with E-state index in [1.165, 1.54) is 6.42 Å². The highest BCUT2D eigenvalue weighted by molar-refractivity contribution is 5.78. The Bertz CT molecular complexity index is 558. The van der Waals surface area contributed by atoms with Gasteiger partial charge in [0.05, 0.1) is 17.4 Å². The van der Waals surface area contributed by atoms with Gasteiger partial charge in [0.2, 0.25) is 0 Å². The number of nitrogens with one attached hydrogen (secondary N) is 1. The summed E-state index contributed by atoms with van der Waals surface area (Å²) in [5, 5.41) is 0. The molecule has 94 valence electrons. The fraction of sp³-hybridized carbons (Fsp3) is 0.385. The SMILES string of the molecule is O=C(Oc1ccc2nc[nH]c2c1)N1CCCCC1. The second-order valence-electron chi connectivity index (χ2n) is 4.50. The van der Waals surface area contributed by atoms with Crippen LogP contribution in [0.4, 0.5) is 4.79 Å². The van der Waals surface area contributed by atoms with Crippen LogP contribution in [0.5, 0.6) is 5.75 Å². The molecule has 0 unspecified atom stereocenters. The monoisotopic (exact) mass is 245 g/mol. The standard InChI is InChI=1S/C13H15N3O2/c17-13(16-6-2-1-3-7-16)18-10-4-5-11-12(8-10)15-9-14-11/h4-5,8-9H,1-3,6-7H2,(H,14,15). The lowest BCUT2D eigenvalue weighted by molar-refractivity contribution is 0.142. The van der Waals surface area contributed by atoms with Gasteiger partial charge in [-0.1, -0.05) is 0 Å². The third-order valence-corrected chi connectivity index (χ3v) is 3.21. The van der Waals surface area contributed by atoms with Crippen LogP contribution in [-0.4, -0.2) is 34.1 Å². The third-order valence-electron chi connectivity index (χ3n) is 3.21. The van der Waals surface area contributed by atoms with Gasteiger partial charge in [-0.25, -0.2) is 9.78 Å². The number of likely N-dealkylation sites (tertiary alicyclic amines) is 1. The molecule has 1 amide bonds. The van der Waals surface area contributed by atoms with Crippen LogP contribution < -0.4 is 4.74 Å². The third kappa shape index (κ3) is 2.16. The number of amides is 1. The van der Waals surface area contributed by atoms with E-state index in [2.05, 4.69) is 9.97 Å². The van der Waals surface area contributed by atoms with E-state index in [0.29, 0.717) is 5.75 Å². The summed E-state index contributed by atoms with van der Waals surface area (Å²) in [6, 6.07) is 5.40. The van der Waals surface area contributed by atoms with Crippen molar-refractivity contribution in [3.05, 3.63) is 24.5 Å². The number of benzene rings is 1. The van der Waals surface area contributed by atoms with Gasteiger partial charge in [-0.2, -0.15) is 0 Å². The lowest BCUT2D eigenvalue weighted by Gasteiger charge is -2.25. The maximum absolute atomic E-state index is 11.9. The fourth-order valence-corrected chi connectivity index (χ4v) is 2.22. The molecule has 0 bridgehead atoms. The van der Waals surface area contributed by atoms with Gasteiger partial charge < -0.3 is 14.6 Å². The predicted molar refractivity (Wildman–Crippen MR) is 67.5 cm³/mol. The summed E-state index contributed by atoms with van der Waals surface area (Å²) < 4.78 is 5.37. The van der Waals surface area contributed by atoms with Gasteiger partial charge in [0.25, 0.3) is 0 Å².